The van der Waals surface area contributed by atoms with Gasteiger partial charge in [-0.1, -0.05) is 0 Å². The zero-order valence-electron chi connectivity index (χ0n) is 11.8. The van der Waals surface area contributed by atoms with Gasteiger partial charge < -0.3 is 16.8 Å². The predicted octanol–water partition coefficient (Wildman–Crippen LogP) is 0.685. The van der Waals surface area contributed by atoms with E-state index in [0.717, 1.165) is 6.42 Å². The number of nitrogens with two attached hydrogens (primary N) is 2. The highest BCUT2D eigenvalue weighted by atomic mass is 19.1. The number of hydrogen-bond donors (Lipinski definition) is 3. The van der Waals surface area contributed by atoms with Crippen molar-refractivity contribution in [2.45, 2.75) is 31.8 Å². The first kappa shape index (κ1) is 15.2. The van der Waals surface area contributed by atoms with Gasteiger partial charge in [0, 0.05) is 5.69 Å². The van der Waals surface area contributed by atoms with Gasteiger partial charge in [0.25, 0.3) is 0 Å². The van der Waals surface area contributed by atoms with E-state index in [4.69, 9.17) is 11.5 Å². The fourth-order valence-corrected chi connectivity index (χ4v) is 2.58. The SMILES string of the molecule is CC(C(=O)Nc1cc(N)ccc1F)N1CCCC1C(N)=O. The Morgan fingerprint density at radius 2 is 2.19 bits per heavy atom. The predicted molar refractivity (Wildman–Crippen MR) is 77.8 cm³/mol. The van der Waals surface area contributed by atoms with Gasteiger partial charge in [-0.15, -0.1) is 0 Å². The third kappa shape index (κ3) is 3.30. The number of carbonyl (C=O) groups is 2. The molecule has 1 fully saturated rings. The van der Waals surface area contributed by atoms with E-state index in [1.165, 1.54) is 18.2 Å². The zero-order valence-corrected chi connectivity index (χ0v) is 11.8. The number of hydrogen-bond acceptors (Lipinski definition) is 4. The van der Waals surface area contributed by atoms with Crippen molar-refractivity contribution in [3.05, 3.63) is 24.0 Å². The van der Waals surface area contributed by atoms with Gasteiger partial charge in [-0.3, -0.25) is 14.5 Å². The van der Waals surface area contributed by atoms with E-state index in [9.17, 15) is 14.0 Å². The summed E-state index contributed by atoms with van der Waals surface area (Å²) in [6.07, 6.45) is 1.44. The number of primary amides is 1. The van der Waals surface area contributed by atoms with Crippen LogP contribution in [0.15, 0.2) is 18.2 Å². The third-order valence-corrected chi connectivity index (χ3v) is 3.75. The molecule has 7 heteroatoms. The minimum absolute atomic E-state index is 0.0293. The average Bonchev–Trinajstić information content (AvgIpc) is 2.91. The van der Waals surface area contributed by atoms with Crippen LogP contribution in [-0.4, -0.2) is 35.3 Å². The van der Waals surface area contributed by atoms with Crippen LogP contribution in [0.5, 0.6) is 0 Å². The van der Waals surface area contributed by atoms with E-state index < -0.39 is 29.7 Å². The standard InChI is InChI=1S/C14H19FN4O2/c1-8(19-6-2-3-12(19)13(17)20)14(21)18-11-7-9(16)4-5-10(11)15/h4-5,7-8,12H,2-3,6,16H2,1H3,(H2,17,20)(H,18,21). The van der Waals surface area contributed by atoms with E-state index in [0.29, 0.717) is 18.7 Å². The number of rotatable bonds is 4. The van der Waals surface area contributed by atoms with Crippen LogP contribution in [0, 0.1) is 5.82 Å². The summed E-state index contributed by atoms with van der Waals surface area (Å²) in [7, 11) is 0. The Hall–Kier alpha value is -2.15. The molecule has 114 valence electrons. The van der Waals surface area contributed by atoms with E-state index in [1.807, 2.05) is 0 Å². The molecule has 1 saturated heterocycles. The third-order valence-electron chi connectivity index (χ3n) is 3.75. The molecule has 2 unspecified atom stereocenters. The number of nitrogen functional groups attached to an aromatic ring is 1. The summed E-state index contributed by atoms with van der Waals surface area (Å²) < 4.78 is 13.6. The molecule has 1 aromatic rings. The lowest BCUT2D eigenvalue weighted by atomic mass is 10.1. The number of likely N-dealkylation sites (tertiary alicyclic amines) is 1. The highest BCUT2D eigenvalue weighted by molar-refractivity contribution is 5.95. The lowest BCUT2D eigenvalue weighted by molar-refractivity contribution is -0.126. The summed E-state index contributed by atoms with van der Waals surface area (Å²) in [5.41, 5.74) is 11.3. The van der Waals surface area contributed by atoms with Crippen molar-refractivity contribution >= 4 is 23.2 Å². The Morgan fingerprint density at radius 1 is 1.48 bits per heavy atom. The van der Waals surface area contributed by atoms with Crippen LogP contribution < -0.4 is 16.8 Å². The first-order valence-corrected chi connectivity index (χ1v) is 6.81. The Balaban J connectivity index is 2.09. The number of benzene rings is 1. The van der Waals surface area contributed by atoms with Gasteiger partial charge >= 0.3 is 0 Å². The fraction of sp³-hybridized carbons (Fsp3) is 0.429. The molecule has 1 heterocycles. The first-order valence-electron chi connectivity index (χ1n) is 6.81. The van der Waals surface area contributed by atoms with Crippen molar-refractivity contribution in [3.63, 3.8) is 0 Å². The highest BCUT2D eigenvalue weighted by Crippen LogP contribution is 2.22. The second-order valence-corrected chi connectivity index (χ2v) is 5.20. The molecule has 1 aromatic carbocycles. The molecule has 21 heavy (non-hydrogen) atoms. The molecule has 6 nitrogen and oxygen atoms in total. The van der Waals surface area contributed by atoms with Gasteiger partial charge in [-0.05, 0) is 44.5 Å². The second-order valence-electron chi connectivity index (χ2n) is 5.20. The molecule has 2 amide bonds. The van der Waals surface area contributed by atoms with Gasteiger partial charge in [0.2, 0.25) is 11.8 Å². The van der Waals surface area contributed by atoms with E-state index in [-0.39, 0.29) is 5.69 Å². The van der Waals surface area contributed by atoms with Crippen LogP contribution >= 0.6 is 0 Å². The molecule has 1 aliphatic rings. The Labute approximate surface area is 122 Å². The molecular formula is C14H19FN4O2. The molecule has 0 aliphatic carbocycles. The maximum atomic E-state index is 13.6. The van der Waals surface area contributed by atoms with Gasteiger partial charge in [-0.2, -0.15) is 0 Å². The van der Waals surface area contributed by atoms with Crippen molar-refractivity contribution in [2.75, 3.05) is 17.6 Å². The normalized spacial score (nSPS) is 20.2. The minimum Gasteiger partial charge on any atom is -0.399 e. The smallest absolute Gasteiger partial charge is 0.241 e. The van der Waals surface area contributed by atoms with Crippen LogP contribution in [-0.2, 0) is 9.59 Å². The van der Waals surface area contributed by atoms with Crippen LogP contribution in [0.1, 0.15) is 19.8 Å². The average molecular weight is 294 g/mol. The van der Waals surface area contributed by atoms with Crippen LogP contribution in [0.25, 0.3) is 0 Å². The van der Waals surface area contributed by atoms with Gasteiger partial charge in [0.1, 0.15) is 5.82 Å². The first-order chi connectivity index (χ1) is 9.90. The van der Waals surface area contributed by atoms with Crippen molar-refractivity contribution < 1.29 is 14.0 Å². The number of amides is 2. The molecule has 2 atom stereocenters. The Morgan fingerprint density at radius 3 is 2.86 bits per heavy atom. The van der Waals surface area contributed by atoms with E-state index in [1.54, 1.807) is 11.8 Å². The van der Waals surface area contributed by atoms with Crippen LogP contribution in [0.2, 0.25) is 0 Å². The molecule has 0 saturated carbocycles. The molecule has 0 spiro atoms. The summed E-state index contributed by atoms with van der Waals surface area (Å²) >= 11 is 0. The number of anilines is 2. The lowest BCUT2D eigenvalue weighted by Crippen LogP contribution is -2.49. The van der Waals surface area contributed by atoms with Crippen molar-refractivity contribution in [3.8, 4) is 0 Å². The number of carbonyl (C=O) groups excluding carboxylic acids is 2. The van der Waals surface area contributed by atoms with Crippen molar-refractivity contribution in [1.29, 1.82) is 0 Å². The number of halogens is 1. The highest BCUT2D eigenvalue weighted by Gasteiger charge is 2.35. The molecule has 0 bridgehead atoms. The second kappa shape index (κ2) is 6.09. The molecule has 2 rings (SSSR count). The topological polar surface area (TPSA) is 101 Å². The molecule has 0 aromatic heterocycles. The Bertz CT molecular complexity index is 564. The van der Waals surface area contributed by atoms with Crippen LogP contribution in [0.4, 0.5) is 15.8 Å². The Kier molecular flexibility index (Phi) is 4.42. The minimum atomic E-state index is -0.578. The fourth-order valence-electron chi connectivity index (χ4n) is 2.58. The molecule has 1 aliphatic heterocycles. The summed E-state index contributed by atoms with van der Waals surface area (Å²) in [5, 5.41) is 2.50. The zero-order chi connectivity index (χ0) is 15.6. The molecule has 5 N–H and O–H groups in total. The monoisotopic (exact) mass is 294 g/mol. The van der Waals surface area contributed by atoms with Gasteiger partial charge in [0.15, 0.2) is 0 Å². The quantitative estimate of drug-likeness (QED) is 0.711. The molecular weight excluding hydrogens is 275 g/mol. The van der Waals surface area contributed by atoms with Gasteiger partial charge in [-0.25, -0.2) is 4.39 Å². The van der Waals surface area contributed by atoms with E-state index in [2.05, 4.69) is 5.32 Å². The van der Waals surface area contributed by atoms with Gasteiger partial charge in [0.05, 0.1) is 17.8 Å². The molecule has 0 radical (unpaired) electrons. The summed E-state index contributed by atoms with van der Waals surface area (Å²) in [4.78, 5) is 25.3. The summed E-state index contributed by atoms with van der Waals surface area (Å²) in [6.45, 7) is 2.28. The maximum absolute atomic E-state index is 13.6. The van der Waals surface area contributed by atoms with E-state index >= 15 is 0 Å². The largest absolute Gasteiger partial charge is 0.399 e. The summed E-state index contributed by atoms with van der Waals surface area (Å²) in [6, 6.07) is 2.94. The number of nitrogens with one attached hydrogen (secondary N) is 1. The van der Waals surface area contributed by atoms with Crippen LogP contribution in [0.3, 0.4) is 0 Å². The lowest BCUT2D eigenvalue weighted by Gasteiger charge is -2.27. The number of nitrogens with zero attached hydrogens (tertiary/aromatic N) is 1. The maximum Gasteiger partial charge on any atom is 0.241 e. The van der Waals surface area contributed by atoms with Crippen molar-refractivity contribution in [2.24, 2.45) is 5.73 Å². The summed E-state index contributed by atoms with van der Waals surface area (Å²) in [5.74, 6) is -1.40. The van der Waals surface area contributed by atoms with Crippen molar-refractivity contribution in [1.82, 2.24) is 4.90 Å².